The third-order valence-corrected chi connectivity index (χ3v) is 6.71. The normalized spacial score (nSPS) is 12.5. The summed E-state index contributed by atoms with van der Waals surface area (Å²) in [5.41, 5.74) is 4.27. The lowest BCUT2D eigenvalue weighted by Gasteiger charge is -2.37. The average molecular weight is 541 g/mol. The summed E-state index contributed by atoms with van der Waals surface area (Å²) in [6, 6.07) is 36.2. The van der Waals surface area contributed by atoms with Crippen LogP contribution in [-0.2, 0) is 5.54 Å². The number of para-hydroxylation sites is 1. The van der Waals surface area contributed by atoms with Crippen molar-refractivity contribution in [3.05, 3.63) is 142 Å². The van der Waals surface area contributed by atoms with Crippen molar-refractivity contribution in [2.75, 3.05) is 17.3 Å². The second kappa shape index (κ2) is 11.6. The highest BCUT2D eigenvalue weighted by Crippen LogP contribution is 2.40. The molecule has 0 aliphatic rings. The first-order chi connectivity index (χ1) is 18.5. The molecule has 1 unspecified atom stereocenters. The molecule has 5 aromatic rings. The van der Waals surface area contributed by atoms with Crippen LogP contribution in [-0.4, -0.2) is 21.6 Å². The third-order valence-electron chi connectivity index (χ3n) is 6.21. The molecule has 1 aromatic heterocycles. The number of hydrogen-bond donors (Lipinski definition) is 3. The van der Waals surface area contributed by atoms with Crippen LogP contribution in [0.2, 0.25) is 10.3 Å². The summed E-state index contributed by atoms with van der Waals surface area (Å²) in [5, 5.41) is 10.9. The fourth-order valence-electron chi connectivity index (χ4n) is 4.43. The standard InChI is InChI=1S/C30H26Cl2N6/c1-21-16-18-23(19-17-21)30(22-10-4-2-5-11-22,25-14-8-9-15-26(25)31)34-20-33-28-36-27(32)37-29(38-28)35-24-12-6-3-7-13-24/h2-19,34H,20H2,1H3,(H2,33,35,36,37,38). The lowest BCUT2D eigenvalue weighted by atomic mass is 9.77. The molecule has 0 saturated carbocycles. The van der Waals surface area contributed by atoms with Crippen molar-refractivity contribution < 1.29 is 0 Å². The maximum Gasteiger partial charge on any atom is 0.233 e. The molecule has 5 rings (SSSR count). The van der Waals surface area contributed by atoms with Crippen molar-refractivity contribution in [3.8, 4) is 0 Å². The van der Waals surface area contributed by atoms with Gasteiger partial charge in [0.2, 0.25) is 17.2 Å². The van der Waals surface area contributed by atoms with Crippen molar-refractivity contribution in [1.29, 1.82) is 0 Å². The van der Waals surface area contributed by atoms with Gasteiger partial charge in [-0.05, 0) is 53.4 Å². The molecule has 0 bridgehead atoms. The number of aromatic nitrogens is 3. The van der Waals surface area contributed by atoms with E-state index in [1.165, 1.54) is 5.56 Å². The second-order valence-electron chi connectivity index (χ2n) is 8.73. The number of aryl methyl sites for hydroxylation is 1. The molecule has 1 heterocycles. The number of benzene rings is 4. The Bertz CT molecular complexity index is 1500. The molecule has 0 aliphatic carbocycles. The molecule has 0 amide bonds. The molecular weight excluding hydrogens is 515 g/mol. The van der Waals surface area contributed by atoms with Gasteiger partial charge in [-0.2, -0.15) is 15.0 Å². The van der Waals surface area contributed by atoms with Gasteiger partial charge >= 0.3 is 0 Å². The number of halogens is 2. The summed E-state index contributed by atoms with van der Waals surface area (Å²) in [7, 11) is 0. The zero-order chi connectivity index (χ0) is 26.4. The van der Waals surface area contributed by atoms with E-state index in [0.717, 1.165) is 22.4 Å². The summed E-state index contributed by atoms with van der Waals surface area (Å²) in [6.07, 6.45) is 0. The van der Waals surface area contributed by atoms with E-state index < -0.39 is 5.54 Å². The number of nitrogens with zero attached hydrogens (tertiary/aromatic N) is 3. The van der Waals surface area contributed by atoms with Gasteiger partial charge in [0.25, 0.3) is 0 Å². The van der Waals surface area contributed by atoms with E-state index in [4.69, 9.17) is 23.2 Å². The molecule has 0 aliphatic heterocycles. The minimum Gasteiger partial charge on any atom is -0.341 e. The minimum atomic E-state index is -0.762. The van der Waals surface area contributed by atoms with Crippen LogP contribution in [0.3, 0.4) is 0 Å². The predicted octanol–water partition coefficient (Wildman–Crippen LogP) is 7.18. The number of anilines is 3. The Hall–Kier alpha value is -3.97. The maximum atomic E-state index is 6.84. The van der Waals surface area contributed by atoms with E-state index in [0.29, 0.717) is 23.6 Å². The van der Waals surface area contributed by atoms with Crippen molar-refractivity contribution >= 4 is 40.8 Å². The monoisotopic (exact) mass is 540 g/mol. The first-order valence-electron chi connectivity index (χ1n) is 12.1. The van der Waals surface area contributed by atoms with Crippen LogP contribution in [0.4, 0.5) is 17.6 Å². The van der Waals surface area contributed by atoms with E-state index in [1.54, 1.807) is 0 Å². The predicted molar refractivity (Wildman–Crippen MR) is 155 cm³/mol. The Labute approximate surface area is 232 Å². The smallest absolute Gasteiger partial charge is 0.233 e. The molecule has 1 atom stereocenters. The average Bonchev–Trinajstić information content (AvgIpc) is 2.93. The molecule has 0 spiro atoms. The Morgan fingerprint density at radius 3 is 1.97 bits per heavy atom. The Morgan fingerprint density at radius 1 is 0.658 bits per heavy atom. The summed E-state index contributed by atoms with van der Waals surface area (Å²) >= 11 is 13.1. The van der Waals surface area contributed by atoms with Gasteiger partial charge in [-0.3, -0.25) is 5.32 Å². The Balaban J connectivity index is 1.50. The van der Waals surface area contributed by atoms with E-state index in [-0.39, 0.29) is 5.28 Å². The SMILES string of the molecule is Cc1ccc(C(NCNc2nc(Cl)nc(Nc3ccccc3)n2)(c2ccccc2)c2ccccc2Cl)cc1. The Morgan fingerprint density at radius 2 is 1.26 bits per heavy atom. The molecule has 0 fully saturated rings. The topological polar surface area (TPSA) is 74.8 Å². The van der Waals surface area contributed by atoms with Crippen LogP contribution in [0.25, 0.3) is 0 Å². The first kappa shape index (κ1) is 25.7. The summed E-state index contributed by atoms with van der Waals surface area (Å²) < 4.78 is 0. The van der Waals surface area contributed by atoms with Crippen molar-refractivity contribution in [2.24, 2.45) is 0 Å². The van der Waals surface area contributed by atoms with Crippen LogP contribution in [0.1, 0.15) is 22.3 Å². The summed E-state index contributed by atoms with van der Waals surface area (Å²) in [6.45, 7) is 2.38. The molecule has 8 heteroatoms. The van der Waals surface area contributed by atoms with Gasteiger partial charge in [-0.15, -0.1) is 0 Å². The fraction of sp³-hybridized carbons (Fsp3) is 0.100. The van der Waals surface area contributed by atoms with Gasteiger partial charge in [0.05, 0.1) is 12.2 Å². The van der Waals surface area contributed by atoms with Gasteiger partial charge in [-0.1, -0.05) is 108 Å². The van der Waals surface area contributed by atoms with Crippen molar-refractivity contribution in [3.63, 3.8) is 0 Å². The van der Waals surface area contributed by atoms with Gasteiger partial charge in [-0.25, -0.2) is 0 Å². The van der Waals surface area contributed by atoms with Crippen LogP contribution < -0.4 is 16.0 Å². The number of hydrogen-bond acceptors (Lipinski definition) is 6. The van der Waals surface area contributed by atoms with Crippen LogP contribution in [0, 0.1) is 6.92 Å². The highest BCUT2D eigenvalue weighted by Gasteiger charge is 2.37. The van der Waals surface area contributed by atoms with Crippen LogP contribution in [0.15, 0.2) is 109 Å². The van der Waals surface area contributed by atoms with Gasteiger partial charge in [0, 0.05) is 10.7 Å². The molecule has 6 nitrogen and oxygen atoms in total. The summed E-state index contributed by atoms with van der Waals surface area (Å²) in [5.74, 6) is 0.679. The van der Waals surface area contributed by atoms with E-state index in [2.05, 4.69) is 74.2 Å². The first-order valence-corrected chi connectivity index (χ1v) is 12.9. The number of nitrogens with one attached hydrogen (secondary N) is 3. The number of rotatable bonds is 9. The molecule has 0 radical (unpaired) electrons. The van der Waals surface area contributed by atoms with Gasteiger partial charge < -0.3 is 10.6 Å². The van der Waals surface area contributed by atoms with Gasteiger partial charge in [0.1, 0.15) is 0 Å². The van der Waals surface area contributed by atoms with Crippen LogP contribution in [0.5, 0.6) is 0 Å². The summed E-state index contributed by atoms with van der Waals surface area (Å²) in [4.78, 5) is 13.0. The van der Waals surface area contributed by atoms with E-state index in [1.807, 2.05) is 72.8 Å². The largest absolute Gasteiger partial charge is 0.341 e. The third kappa shape index (κ3) is 5.63. The molecule has 4 aromatic carbocycles. The lowest BCUT2D eigenvalue weighted by Crippen LogP contribution is -2.47. The zero-order valence-electron chi connectivity index (χ0n) is 20.7. The lowest BCUT2D eigenvalue weighted by molar-refractivity contribution is 0.491. The minimum absolute atomic E-state index is 0.0832. The maximum absolute atomic E-state index is 6.84. The molecular formula is C30H26Cl2N6. The molecule has 3 N–H and O–H groups in total. The molecule has 38 heavy (non-hydrogen) atoms. The molecule has 190 valence electrons. The fourth-order valence-corrected chi connectivity index (χ4v) is 4.86. The highest BCUT2D eigenvalue weighted by atomic mass is 35.5. The van der Waals surface area contributed by atoms with Crippen LogP contribution >= 0.6 is 23.2 Å². The highest BCUT2D eigenvalue weighted by molar-refractivity contribution is 6.31. The zero-order valence-corrected chi connectivity index (χ0v) is 22.2. The van der Waals surface area contributed by atoms with E-state index >= 15 is 0 Å². The van der Waals surface area contributed by atoms with Crippen molar-refractivity contribution in [2.45, 2.75) is 12.5 Å². The quantitative estimate of drug-likeness (QED) is 0.136. The molecule has 0 saturated heterocycles. The second-order valence-corrected chi connectivity index (χ2v) is 9.48. The van der Waals surface area contributed by atoms with Gasteiger partial charge in [0.15, 0.2) is 0 Å². The van der Waals surface area contributed by atoms with E-state index in [9.17, 15) is 0 Å². The van der Waals surface area contributed by atoms with Crippen molar-refractivity contribution in [1.82, 2.24) is 20.3 Å². The Kier molecular flexibility index (Phi) is 7.84.